The normalized spacial score (nSPS) is 12.3. The number of allylic oxidation sites excluding steroid dienone is 6. The Morgan fingerprint density at radius 1 is 0.375 bits per heavy atom. The third kappa shape index (κ3) is 42.8. The molecule has 0 aliphatic rings. The summed E-state index contributed by atoms with van der Waals surface area (Å²) in [7, 11) is 0. The second-order valence-corrected chi connectivity index (χ2v) is 16.0. The molecule has 0 spiro atoms. The molecule has 0 aromatic carbocycles. The van der Waals surface area contributed by atoms with Crippen LogP contribution in [-0.4, -0.2) is 37.2 Å². The van der Waals surface area contributed by atoms with Gasteiger partial charge in [-0.05, 0) is 70.6 Å². The zero-order valence-electron chi connectivity index (χ0n) is 37.2. The van der Waals surface area contributed by atoms with E-state index in [4.69, 9.17) is 14.2 Å². The minimum absolute atomic E-state index is 0.0859. The first-order chi connectivity index (χ1) is 27.5. The number of carbonyl (C=O) groups excluding carboxylic acids is 3. The highest BCUT2D eigenvalue weighted by atomic mass is 16.6. The molecule has 0 radical (unpaired) electrons. The molecular formula is C50H90O6. The summed E-state index contributed by atoms with van der Waals surface area (Å²) < 4.78 is 16.7. The highest BCUT2D eigenvalue weighted by Gasteiger charge is 2.19. The molecule has 56 heavy (non-hydrogen) atoms. The van der Waals surface area contributed by atoms with E-state index in [1.165, 1.54) is 122 Å². The van der Waals surface area contributed by atoms with Crippen molar-refractivity contribution in [2.75, 3.05) is 13.2 Å². The molecule has 6 heteroatoms. The third-order valence-electron chi connectivity index (χ3n) is 10.4. The summed E-state index contributed by atoms with van der Waals surface area (Å²) in [5, 5.41) is 0. The summed E-state index contributed by atoms with van der Waals surface area (Å²) in [5.41, 5.74) is 0. The minimum atomic E-state index is -0.787. The Hall–Kier alpha value is -2.37. The second-order valence-electron chi connectivity index (χ2n) is 16.0. The van der Waals surface area contributed by atoms with Gasteiger partial charge in [-0.25, -0.2) is 0 Å². The highest BCUT2D eigenvalue weighted by molar-refractivity contribution is 5.71. The molecular weight excluding hydrogens is 697 g/mol. The summed E-state index contributed by atoms with van der Waals surface area (Å²) in [4.78, 5) is 37.7. The number of esters is 3. The lowest BCUT2D eigenvalue weighted by Crippen LogP contribution is -2.30. The van der Waals surface area contributed by atoms with Crippen LogP contribution < -0.4 is 0 Å². The Kier molecular flexibility index (Phi) is 43.4. The summed E-state index contributed by atoms with van der Waals surface area (Å²) in [6.07, 6.45) is 51.4. The predicted molar refractivity (Wildman–Crippen MR) is 238 cm³/mol. The number of ether oxygens (including phenoxy) is 3. The van der Waals surface area contributed by atoms with Crippen LogP contribution >= 0.6 is 0 Å². The Morgan fingerprint density at radius 3 is 1.14 bits per heavy atom. The van der Waals surface area contributed by atoms with E-state index in [2.05, 4.69) is 57.2 Å². The second kappa shape index (κ2) is 45.3. The average Bonchev–Trinajstić information content (AvgIpc) is 3.19. The molecule has 0 N–H and O–H groups in total. The number of unbranched alkanes of at least 4 members (excludes halogenated alkanes) is 26. The molecule has 0 amide bonds. The van der Waals surface area contributed by atoms with E-state index in [0.29, 0.717) is 19.3 Å². The van der Waals surface area contributed by atoms with Gasteiger partial charge in [0.2, 0.25) is 0 Å². The van der Waals surface area contributed by atoms with E-state index in [1.807, 2.05) is 0 Å². The van der Waals surface area contributed by atoms with Crippen molar-refractivity contribution in [3.05, 3.63) is 36.5 Å². The van der Waals surface area contributed by atoms with Crippen LogP contribution in [0.2, 0.25) is 0 Å². The molecule has 0 saturated heterocycles. The SMILES string of the molecule is CC/C=C\C/C=C\CCCCC(=O)OCC(COC(=O)CCCCCCCCCCCCCCCCC)OC(=O)CCCCC/C=C\CCCCCCCCC. The lowest BCUT2D eigenvalue weighted by molar-refractivity contribution is -0.167. The molecule has 6 nitrogen and oxygen atoms in total. The first-order valence-corrected chi connectivity index (χ1v) is 24.0. The van der Waals surface area contributed by atoms with E-state index in [0.717, 1.165) is 83.5 Å². The maximum absolute atomic E-state index is 12.7. The molecule has 0 heterocycles. The molecule has 0 aromatic heterocycles. The van der Waals surface area contributed by atoms with Crippen LogP contribution in [0.1, 0.15) is 245 Å². The van der Waals surface area contributed by atoms with E-state index >= 15 is 0 Å². The fraction of sp³-hybridized carbons (Fsp3) is 0.820. The largest absolute Gasteiger partial charge is 0.462 e. The number of hydrogen-bond acceptors (Lipinski definition) is 6. The van der Waals surface area contributed by atoms with Gasteiger partial charge in [-0.2, -0.15) is 0 Å². The minimum Gasteiger partial charge on any atom is -0.462 e. The Bertz CT molecular complexity index is 953. The van der Waals surface area contributed by atoms with E-state index in [9.17, 15) is 14.4 Å². The Morgan fingerprint density at radius 2 is 0.696 bits per heavy atom. The van der Waals surface area contributed by atoms with Crippen LogP contribution in [0.15, 0.2) is 36.5 Å². The van der Waals surface area contributed by atoms with Crippen molar-refractivity contribution in [3.8, 4) is 0 Å². The molecule has 0 aliphatic heterocycles. The molecule has 0 rings (SSSR count). The van der Waals surface area contributed by atoms with E-state index < -0.39 is 6.10 Å². The van der Waals surface area contributed by atoms with Gasteiger partial charge < -0.3 is 14.2 Å². The summed E-state index contributed by atoms with van der Waals surface area (Å²) in [6, 6.07) is 0. The molecule has 1 unspecified atom stereocenters. The molecule has 0 aromatic rings. The van der Waals surface area contributed by atoms with Gasteiger partial charge in [0.25, 0.3) is 0 Å². The average molecular weight is 787 g/mol. The molecule has 0 bridgehead atoms. The third-order valence-corrected chi connectivity index (χ3v) is 10.4. The highest BCUT2D eigenvalue weighted by Crippen LogP contribution is 2.15. The first kappa shape index (κ1) is 53.6. The van der Waals surface area contributed by atoms with Gasteiger partial charge >= 0.3 is 17.9 Å². The standard InChI is InChI=1S/C50H90O6/c1-4-7-10-13-16-19-21-23-25-27-28-31-34-37-40-43-49(52)55-46-47(45-54-48(51)42-39-36-33-30-18-15-12-9-6-3)56-50(53)44-41-38-35-32-29-26-24-22-20-17-14-11-8-5-2/h9,12,18,26,29-30,47H,4-8,10-11,13-17,19-25,27-28,31-46H2,1-3H3/b12-9-,29-26-,30-18-. The zero-order chi connectivity index (χ0) is 40.8. The van der Waals surface area contributed by atoms with Crippen LogP contribution in [0.25, 0.3) is 0 Å². The maximum atomic E-state index is 12.7. The molecule has 326 valence electrons. The maximum Gasteiger partial charge on any atom is 0.306 e. The first-order valence-electron chi connectivity index (χ1n) is 24.0. The van der Waals surface area contributed by atoms with Gasteiger partial charge in [0.05, 0.1) is 0 Å². The molecule has 1 atom stereocenters. The quantitative estimate of drug-likeness (QED) is 0.0265. The Labute approximate surface area is 346 Å². The number of hydrogen-bond donors (Lipinski definition) is 0. The molecule has 0 saturated carbocycles. The summed E-state index contributed by atoms with van der Waals surface area (Å²) >= 11 is 0. The molecule has 0 aliphatic carbocycles. The van der Waals surface area contributed by atoms with Gasteiger partial charge in [-0.15, -0.1) is 0 Å². The van der Waals surface area contributed by atoms with E-state index in [1.54, 1.807) is 0 Å². The predicted octanol–water partition coefficient (Wildman–Crippen LogP) is 15.4. The summed E-state index contributed by atoms with van der Waals surface area (Å²) in [6.45, 7) is 6.47. The fourth-order valence-corrected chi connectivity index (χ4v) is 6.77. The van der Waals surface area contributed by atoms with Crippen molar-refractivity contribution in [3.63, 3.8) is 0 Å². The zero-order valence-corrected chi connectivity index (χ0v) is 37.2. The van der Waals surface area contributed by atoms with Crippen LogP contribution in [-0.2, 0) is 28.6 Å². The number of carbonyl (C=O) groups is 3. The van der Waals surface area contributed by atoms with Crippen molar-refractivity contribution in [2.24, 2.45) is 0 Å². The van der Waals surface area contributed by atoms with Gasteiger partial charge in [-0.3, -0.25) is 14.4 Å². The van der Waals surface area contributed by atoms with Gasteiger partial charge in [-0.1, -0.05) is 192 Å². The van der Waals surface area contributed by atoms with Crippen molar-refractivity contribution in [2.45, 2.75) is 252 Å². The smallest absolute Gasteiger partial charge is 0.306 e. The molecule has 0 fully saturated rings. The van der Waals surface area contributed by atoms with E-state index in [-0.39, 0.29) is 31.1 Å². The Balaban J connectivity index is 4.35. The van der Waals surface area contributed by atoms with Gasteiger partial charge in [0.1, 0.15) is 13.2 Å². The van der Waals surface area contributed by atoms with Crippen molar-refractivity contribution >= 4 is 17.9 Å². The summed E-state index contributed by atoms with van der Waals surface area (Å²) in [5.74, 6) is -0.935. The van der Waals surface area contributed by atoms with Crippen LogP contribution in [0.3, 0.4) is 0 Å². The van der Waals surface area contributed by atoms with Crippen molar-refractivity contribution in [1.82, 2.24) is 0 Å². The lowest BCUT2D eigenvalue weighted by Gasteiger charge is -2.18. The van der Waals surface area contributed by atoms with Crippen molar-refractivity contribution in [1.29, 1.82) is 0 Å². The van der Waals surface area contributed by atoms with Crippen molar-refractivity contribution < 1.29 is 28.6 Å². The van der Waals surface area contributed by atoms with Crippen LogP contribution in [0.5, 0.6) is 0 Å². The number of rotatable bonds is 43. The van der Waals surface area contributed by atoms with Crippen LogP contribution in [0.4, 0.5) is 0 Å². The van der Waals surface area contributed by atoms with Gasteiger partial charge in [0, 0.05) is 19.3 Å². The topological polar surface area (TPSA) is 78.9 Å². The monoisotopic (exact) mass is 787 g/mol. The van der Waals surface area contributed by atoms with Gasteiger partial charge in [0.15, 0.2) is 6.10 Å². The lowest BCUT2D eigenvalue weighted by atomic mass is 10.0. The fourth-order valence-electron chi connectivity index (χ4n) is 6.77. The van der Waals surface area contributed by atoms with Crippen LogP contribution in [0, 0.1) is 0 Å².